The van der Waals surface area contributed by atoms with E-state index in [1.807, 2.05) is 13.0 Å². The number of carbonyl (C=O) groups is 1. The number of hydrogen-bond donors (Lipinski definition) is 1. The molecule has 2 rings (SSSR count). The zero-order chi connectivity index (χ0) is 15.6. The van der Waals surface area contributed by atoms with Crippen molar-refractivity contribution in [1.29, 1.82) is 0 Å². The lowest BCUT2D eigenvalue weighted by molar-refractivity contribution is -0.140. The molecular formula is C15H11F4NO. The lowest BCUT2D eigenvalue weighted by Crippen LogP contribution is -2.15. The first-order valence-corrected chi connectivity index (χ1v) is 6.02. The van der Waals surface area contributed by atoms with Gasteiger partial charge < -0.3 is 5.32 Å². The average Bonchev–Trinajstić information content (AvgIpc) is 2.37. The third-order valence-corrected chi connectivity index (χ3v) is 2.81. The zero-order valence-corrected chi connectivity index (χ0v) is 11.0. The minimum absolute atomic E-state index is 0.259. The fourth-order valence-corrected chi connectivity index (χ4v) is 1.81. The Morgan fingerprint density at radius 3 is 2.43 bits per heavy atom. The molecule has 0 saturated heterocycles. The molecule has 2 aromatic carbocycles. The molecule has 2 nitrogen and oxygen atoms in total. The molecule has 1 N–H and O–H groups in total. The number of alkyl halides is 3. The van der Waals surface area contributed by atoms with Crippen molar-refractivity contribution in [2.45, 2.75) is 13.1 Å². The molecule has 0 unspecified atom stereocenters. The van der Waals surface area contributed by atoms with Crippen molar-refractivity contribution in [2.75, 3.05) is 5.32 Å². The Morgan fingerprint density at radius 1 is 1.10 bits per heavy atom. The van der Waals surface area contributed by atoms with Gasteiger partial charge in [-0.15, -0.1) is 0 Å². The number of aryl methyl sites for hydroxylation is 1. The SMILES string of the molecule is Cc1cccc(NC(=O)c2ccc(F)c(C(F)(F)F)c2)c1. The van der Waals surface area contributed by atoms with E-state index in [0.717, 1.165) is 11.6 Å². The fraction of sp³-hybridized carbons (Fsp3) is 0.133. The van der Waals surface area contributed by atoms with Crippen molar-refractivity contribution in [3.8, 4) is 0 Å². The maximum absolute atomic E-state index is 13.2. The lowest BCUT2D eigenvalue weighted by Gasteiger charge is -2.10. The topological polar surface area (TPSA) is 29.1 Å². The molecule has 2 aromatic rings. The van der Waals surface area contributed by atoms with Crippen LogP contribution in [0.2, 0.25) is 0 Å². The van der Waals surface area contributed by atoms with Gasteiger partial charge in [0.25, 0.3) is 5.91 Å². The molecular weight excluding hydrogens is 286 g/mol. The summed E-state index contributed by atoms with van der Waals surface area (Å²) in [6, 6.07) is 8.95. The molecule has 0 bridgehead atoms. The van der Waals surface area contributed by atoms with E-state index in [9.17, 15) is 22.4 Å². The van der Waals surface area contributed by atoms with Crippen LogP contribution in [0.5, 0.6) is 0 Å². The third-order valence-electron chi connectivity index (χ3n) is 2.81. The summed E-state index contributed by atoms with van der Waals surface area (Å²) in [6.07, 6.45) is -4.84. The van der Waals surface area contributed by atoms with Gasteiger partial charge in [-0.25, -0.2) is 4.39 Å². The Bertz CT molecular complexity index is 680. The van der Waals surface area contributed by atoms with Crippen LogP contribution in [0.4, 0.5) is 23.2 Å². The number of halogens is 4. The van der Waals surface area contributed by atoms with Gasteiger partial charge in [-0.1, -0.05) is 12.1 Å². The number of hydrogen-bond acceptors (Lipinski definition) is 1. The number of anilines is 1. The van der Waals surface area contributed by atoms with Gasteiger partial charge in [-0.05, 0) is 42.8 Å². The van der Waals surface area contributed by atoms with Crippen LogP contribution in [-0.4, -0.2) is 5.91 Å². The largest absolute Gasteiger partial charge is 0.419 e. The fourth-order valence-electron chi connectivity index (χ4n) is 1.81. The molecule has 0 heterocycles. The molecule has 0 saturated carbocycles. The molecule has 21 heavy (non-hydrogen) atoms. The summed E-state index contributed by atoms with van der Waals surface area (Å²) in [5.41, 5.74) is -0.370. The summed E-state index contributed by atoms with van der Waals surface area (Å²) in [4.78, 5) is 11.9. The van der Waals surface area contributed by atoms with E-state index < -0.39 is 23.5 Å². The predicted molar refractivity (Wildman–Crippen MR) is 70.5 cm³/mol. The van der Waals surface area contributed by atoms with E-state index in [1.165, 1.54) is 0 Å². The minimum Gasteiger partial charge on any atom is -0.322 e. The highest BCUT2D eigenvalue weighted by atomic mass is 19.4. The number of amides is 1. The molecule has 0 aromatic heterocycles. The van der Waals surface area contributed by atoms with Crippen LogP contribution in [0.3, 0.4) is 0 Å². The van der Waals surface area contributed by atoms with Gasteiger partial charge >= 0.3 is 6.18 Å². The summed E-state index contributed by atoms with van der Waals surface area (Å²) in [5, 5.41) is 2.47. The average molecular weight is 297 g/mol. The van der Waals surface area contributed by atoms with Gasteiger partial charge in [0, 0.05) is 11.3 Å². The number of rotatable bonds is 2. The predicted octanol–water partition coefficient (Wildman–Crippen LogP) is 4.41. The van der Waals surface area contributed by atoms with Gasteiger partial charge in [0.15, 0.2) is 0 Å². The van der Waals surface area contributed by atoms with E-state index >= 15 is 0 Å². The molecule has 1 amide bonds. The highest BCUT2D eigenvalue weighted by molar-refractivity contribution is 6.04. The van der Waals surface area contributed by atoms with E-state index in [4.69, 9.17) is 0 Å². The molecule has 0 aliphatic carbocycles. The molecule has 0 aliphatic rings. The Hall–Kier alpha value is -2.37. The minimum atomic E-state index is -4.84. The normalized spacial score (nSPS) is 11.3. The lowest BCUT2D eigenvalue weighted by atomic mass is 10.1. The quantitative estimate of drug-likeness (QED) is 0.818. The molecule has 6 heteroatoms. The van der Waals surface area contributed by atoms with Gasteiger partial charge in [-0.2, -0.15) is 13.2 Å². The van der Waals surface area contributed by atoms with Crippen molar-refractivity contribution >= 4 is 11.6 Å². The van der Waals surface area contributed by atoms with Crippen molar-refractivity contribution in [2.24, 2.45) is 0 Å². The first-order chi connectivity index (χ1) is 9.77. The van der Waals surface area contributed by atoms with Crippen LogP contribution in [0, 0.1) is 12.7 Å². The molecule has 0 fully saturated rings. The van der Waals surface area contributed by atoms with E-state index in [2.05, 4.69) is 5.32 Å². The van der Waals surface area contributed by atoms with Crippen LogP contribution in [0.15, 0.2) is 42.5 Å². The van der Waals surface area contributed by atoms with Crippen molar-refractivity contribution in [3.05, 3.63) is 65.0 Å². The number of nitrogens with one attached hydrogen (secondary N) is 1. The molecule has 0 radical (unpaired) electrons. The Morgan fingerprint density at radius 2 is 1.81 bits per heavy atom. The van der Waals surface area contributed by atoms with Gasteiger partial charge in [0.1, 0.15) is 5.82 Å². The summed E-state index contributed by atoms with van der Waals surface area (Å²) in [6.45, 7) is 1.81. The van der Waals surface area contributed by atoms with E-state index in [1.54, 1.807) is 18.2 Å². The maximum atomic E-state index is 13.2. The zero-order valence-electron chi connectivity index (χ0n) is 11.0. The summed E-state index contributed by atoms with van der Waals surface area (Å²) < 4.78 is 51.0. The van der Waals surface area contributed by atoms with E-state index in [0.29, 0.717) is 17.8 Å². The van der Waals surface area contributed by atoms with Crippen molar-refractivity contribution < 1.29 is 22.4 Å². The monoisotopic (exact) mass is 297 g/mol. The molecule has 0 aliphatic heterocycles. The molecule has 0 spiro atoms. The second kappa shape index (κ2) is 5.55. The molecule has 0 atom stereocenters. The second-order valence-electron chi connectivity index (χ2n) is 4.52. The van der Waals surface area contributed by atoms with Crippen LogP contribution in [0.25, 0.3) is 0 Å². The molecule has 110 valence electrons. The van der Waals surface area contributed by atoms with Gasteiger partial charge in [-0.3, -0.25) is 4.79 Å². The first-order valence-electron chi connectivity index (χ1n) is 6.02. The van der Waals surface area contributed by atoms with Crippen molar-refractivity contribution in [3.63, 3.8) is 0 Å². The smallest absolute Gasteiger partial charge is 0.322 e. The maximum Gasteiger partial charge on any atom is 0.419 e. The highest BCUT2D eigenvalue weighted by Crippen LogP contribution is 2.32. The Labute approximate surface area is 118 Å². The highest BCUT2D eigenvalue weighted by Gasteiger charge is 2.34. The summed E-state index contributed by atoms with van der Waals surface area (Å²) >= 11 is 0. The van der Waals surface area contributed by atoms with Crippen LogP contribution < -0.4 is 5.32 Å². The Balaban J connectivity index is 2.28. The third kappa shape index (κ3) is 3.59. The number of carbonyl (C=O) groups excluding carboxylic acids is 1. The standard InChI is InChI=1S/C15H11F4NO/c1-9-3-2-4-11(7-9)20-14(21)10-5-6-13(16)12(8-10)15(17,18)19/h2-8H,1H3,(H,20,21). The van der Waals surface area contributed by atoms with Gasteiger partial charge in [0.05, 0.1) is 5.56 Å². The van der Waals surface area contributed by atoms with E-state index in [-0.39, 0.29) is 5.56 Å². The van der Waals surface area contributed by atoms with Crippen LogP contribution in [-0.2, 0) is 6.18 Å². The summed E-state index contributed by atoms with van der Waals surface area (Å²) in [7, 11) is 0. The Kier molecular flexibility index (Phi) is 3.97. The number of benzene rings is 2. The van der Waals surface area contributed by atoms with Crippen LogP contribution in [0.1, 0.15) is 21.5 Å². The summed E-state index contributed by atoms with van der Waals surface area (Å²) in [5.74, 6) is -2.14. The second-order valence-corrected chi connectivity index (χ2v) is 4.52. The first kappa shape index (κ1) is 15.0. The van der Waals surface area contributed by atoms with Gasteiger partial charge in [0.2, 0.25) is 0 Å². The van der Waals surface area contributed by atoms with Crippen LogP contribution >= 0.6 is 0 Å². The van der Waals surface area contributed by atoms with Crippen molar-refractivity contribution in [1.82, 2.24) is 0 Å².